The number of hydrogen-bond acceptors (Lipinski definition) is 3. The molecule has 0 fully saturated rings. The quantitative estimate of drug-likeness (QED) is 0.293. The summed E-state index contributed by atoms with van der Waals surface area (Å²) in [5, 5.41) is 10.5. The molecule has 0 aliphatic rings. The number of oxime groups is 1. The van der Waals surface area contributed by atoms with Gasteiger partial charge in [0.2, 0.25) is 0 Å². The van der Waals surface area contributed by atoms with E-state index in [2.05, 4.69) is 9.89 Å². The molecule has 0 heterocycles. The monoisotopic (exact) mass is 284 g/mol. The lowest BCUT2D eigenvalue weighted by Crippen LogP contribution is -2.40. The largest absolute Gasteiger partial charge is 0.489 e. The Morgan fingerprint density at radius 3 is 2.47 bits per heavy atom. The van der Waals surface area contributed by atoms with Crippen molar-refractivity contribution in [3.8, 4) is 5.75 Å². The summed E-state index contributed by atoms with van der Waals surface area (Å²) in [5.74, 6) is -6.13. The van der Waals surface area contributed by atoms with Crippen LogP contribution in [0.1, 0.15) is 0 Å². The molecule has 19 heavy (non-hydrogen) atoms. The summed E-state index contributed by atoms with van der Waals surface area (Å²) in [5.41, 5.74) is 4.88. The Morgan fingerprint density at radius 2 is 2.00 bits per heavy atom. The van der Waals surface area contributed by atoms with Crippen molar-refractivity contribution in [3.05, 3.63) is 29.8 Å². The van der Waals surface area contributed by atoms with E-state index in [4.69, 9.17) is 10.9 Å². The smallest absolute Gasteiger partial charge is 0.402 e. The van der Waals surface area contributed by atoms with E-state index in [-0.39, 0.29) is 0 Å². The van der Waals surface area contributed by atoms with Crippen molar-refractivity contribution in [2.75, 3.05) is 6.61 Å². The standard InChI is InChI=1S/C10H9F5N2O2/c11-5-1-2-8(7(12)3-5)19-4-6(9(16)17-18)10(13,14)15/h1-3,6,18H,4H2,(H2,16,17). The molecule has 0 aliphatic heterocycles. The van der Waals surface area contributed by atoms with Gasteiger partial charge < -0.3 is 15.7 Å². The fraction of sp³-hybridized carbons (Fsp3) is 0.300. The van der Waals surface area contributed by atoms with Gasteiger partial charge in [-0.15, -0.1) is 0 Å². The third kappa shape index (κ3) is 3.97. The SMILES string of the molecule is N/C(=N/O)C(COc1ccc(F)cc1F)C(F)(F)F. The summed E-state index contributed by atoms with van der Waals surface area (Å²) in [4.78, 5) is 0. The topological polar surface area (TPSA) is 67.8 Å². The Balaban J connectivity index is 2.82. The number of nitrogens with zero attached hydrogens (tertiary/aromatic N) is 1. The minimum atomic E-state index is -4.83. The highest BCUT2D eigenvalue weighted by Gasteiger charge is 2.43. The van der Waals surface area contributed by atoms with Crippen LogP contribution in [0.15, 0.2) is 23.4 Å². The first kappa shape index (κ1) is 15.0. The van der Waals surface area contributed by atoms with Crippen molar-refractivity contribution < 1.29 is 31.9 Å². The summed E-state index contributed by atoms with van der Waals surface area (Å²) >= 11 is 0. The summed E-state index contributed by atoms with van der Waals surface area (Å²) < 4.78 is 67.8. The fourth-order valence-electron chi connectivity index (χ4n) is 1.18. The molecular formula is C10H9F5N2O2. The number of alkyl halides is 3. The zero-order valence-electron chi connectivity index (χ0n) is 9.29. The molecule has 106 valence electrons. The van der Waals surface area contributed by atoms with Gasteiger partial charge in [-0.2, -0.15) is 13.2 Å². The van der Waals surface area contributed by atoms with Gasteiger partial charge in [0.1, 0.15) is 18.3 Å². The summed E-state index contributed by atoms with van der Waals surface area (Å²) in [6.07, 6.45) is -4.83. The van der Waals surface area contributed by atoms with Crippen LogP contribution < -0.4 is 10.5 Å². The number of amidine groups is 1. The Morgan fingerprint density at radius 1 is 1.37 bits per heavy atom. The predicted molar refractivity (Wildman–Crippen MR) is 54.8 cm³/mol. The molecule has 0 saturated carbocycles. The zero-order valence-corrected chi connectivity index (χ0v) is 9.29. The Labute approximate surface area is 104 Å². The summed E-state index contributed by atoms with van der Waals surface area (Å²) in [7, 11) is 0. The molecule has 0 spiro atoms. The molecule has 0 aliphatic carbocycles. The van der Waals surface area contributed by atoms with Crippen molar-refractivity contribution in [1.29, 1.82) is 0 Å². The van der Waals surface area contributed by atoms with E-state index >= 15 is 0 Å². The first-order valence-corrected chi connectivity index (χ1v) is 4.87. The van der Waals surface area contributed by atoms with Gasteiger partial charge in [0.25, 0.3) is 0 Å². The van der Waals surface area contributed by atoms with Crippen LogP contribution in [0.25, 0.3) is 0 Å². The van der Waals surface area contributed by atoms with E-state index in [0.717, 1.165) is 12.1 Å². The van der Waals surface area contributed by atoms with Gasteiger partial charge in [-0.3, -0.25) is 0 Å². The average Bonchev–Trinajstić information content (AvgIpc) is 2.29. The number of halogens is 5. The van der Waals surface area contributed by atoms with Crippen LogP contribution in [0, 0.1) is 17.6 Å². The van der Waals surface area contributed by atoms with Gasteiger partial charge in [0.05, 0.1) is 0 Å². The molecule has 0 bridgehead atoms. The summed E-state index contributed by atoms with van der Waals surface area (Å²) in [6, 6.07) is 2.12. The summed E-state index contributed by atoms with van der Waals surface area (Å²) in [6.45, 7) is -1.10. The third-order valence-corrected chi connectivity index (χ3v) is 2.17. The maximum absolute atomic E-state index is 13.1. The molecule has 1 aromatic carbocycles. The lowest BCUT2D eigenvalue weighted by molar-refractivity contribution is -0.162. The zero-order chi connectivity index (χ0) is 14.6. The van der Waals surface area contributed by atoms with E-state index in [1.807, 2.05) is 0 Å². The van der Waals surface area contributed by atoms with Crippen molar-refractivity contribution >= 4 is 5.84 Å². The normalized spacial score (nSPS) is 14.3. The number of nitrogens with two attached hydrogens (primary N) is 1. The molecule has 3 N–H and O–H groups in total. The lowest BCUT2D eigenvalue weighted by atomic mass is 10.1. The number of hydrogen-bond donors (Lipinski definition) is 2. The second kappa shape index (κ2) is 5.72. The van der Waals surface area contributed by atoms with Crippen LogP contribution >= 0.6 is 0 Å². The molecule has 0 amide bonds. The molecule has 1 aromatic rings. The fourth-order valence-corrected chi connectivity index (χ4v) is 1.18. The van der Waals surface area contributed by atoms with Gasteiger partial charge in [0, 0.05) is 6.07 Å². The van der Waals surface area contributed by atoms with Crippen LogP contribution in [0.3, 0.4) is 0 Å². The van der Waals surface area contributed by atoms with Crippen molar-refractivity contribution in [1.82, 2.24) is 0 Å². The Kier molecular flexibility index (Phi) is 4.52. The minimum absolute atomic E-state index is 0.460. The number of ether oxygens (including phenoxy) is 1. The van der Waals surface area contributed by atoms with E-state index in [1.54, 1.807) is 0 Å². The van der Waals surface area contributed by atoms with Crippen LogP contribution in [-0.4, -0.2) is 23.8 Å². The average molecular weight is 284 g/mol. The molecular weight excluding hydrogens is 275 g/mol. The van der Waals surface area contributed by atoms with Crippen molar-refractivity contribution in [2.24, 2.45) is 16.8 Å². The highest BCUT2D eigenvalue weighted by molar-refractivity contribution is 5.83. The van der Waals surface area contributed by atoms with E-state index in [9.17, 15) is 22.0 Å². The van der Waals surface area contributed by atoms with Crippen molar-refractivity contribution in [3.63, 3.8) is 0 Å². The third-order valence-electron chi connectivity index (χ3n) is 2.17. The first-order valence-electron chi connectivity index (χ1n) is 4.87. The number of benzene rings is 1. The highest BCUT2D eigenvalue weighted by atomic mass is 19.4. The molecule has 1 unspecified atom stereocenters. The lowest BCUT2D eigenvalue weighted by Gasteiger charge is -2.19. The van der Waals surface area contributed by atoms with E-state index < -0.39 is 41.9 Å². The molecule has 1 atom stereocenters. The molecule has 0 saturated heterocycles. The minimum Gasteiger partial charge on any atom is -0.489 e. The molecule has 1 rings (SSSR count). The van der Waals surface area contributed by atoms with E-state index in [1.165, 1.54) is 0 Å². The van der Waals surface area contributed by atoms with Crippen LogP contribution in [0.5, 0.6) is 5.75 Å². The van der Waals surface area contributed by atoms with Gasteiger partial charge in [-0.05, 0) is 12.1 Å². The second-order valence-corrected chi connectivity index (χ2v) is 3.50. The van der Waals surface area contributed by atoms with Crippen LogP contribution in [0.2, 0.25) is 0 Å². The molecule has 0 radical (unpaired) electrons. The highest BCUT2D eigenvalue weighted by Crippen LogP contribution is 2.28. The van der Waals surface area contributed by atoms with Crippen molar-refractivity contribution in [2.45, 2.75) is 6.18 Å². The van der Waals surface area contributed by atoms with Gasteiger partial charge in [-0.1, -0.05) is 5.16 Å². The molecule has 9 heteroatoms. The van der Waals surface area contributed by atoms with Gasteiger partial charge in [0.15, 0.2) is 17.4 Å². The van der Waals surface area contributed by atoms with Crippen LogP contribution in [0.4, 0.5) is 22.0 Å². The number of rotatable bonds is 4. The Hall–Kier alpha value is -2.06. The van der Waals surface area contributed by atoms with Gasteiger partial charge in [-0.25, -0.2) is 8.78 Å². The van der Waals surface area contributed by atoms with Crippen LogP contribution in [-0.2, 0) is 0 Å². The van der Waals surface area contributed by atoms with E-state index in [0.29, 0.717) is 6.07 Å². The first-order chi connectivity index (χ1) is 8.75. The molecule has 0 aromatic heterocycles. The predicted octanol–water partition coefficient (Wildman–Crippen LogP) is 2.27. The Bertz CT molecular complexity index is 475. The second-order valence-electron chi connectivity index (χ2n) is 3.50. The molecule has 4 nitrogen and oxygen atoms in total. The van der Waals surface area contributed by atoms with Gasteiger partial charge >= 0.3 is 6.18 Å². The maximum Gasteiger partial charge on any atom is 0.402 e. The maximum atomic E-state index is 13.1.